The summed E-state index contributed by atoms with van der Waals surface area (Å²) in [5.74, 6) is 0.0665. The van der Waals surface area contributed by atoms with Crippen molar-refractivity contribution in [1.82, 2.24) is 9.97 Å². The minimum atomic E-state index is -4.46. The van der Waals surface area contributed by atoms with E-state index in [1.54, 1.807) is 0 Å². The van der Waals surface area contributed by atoms with Crippen LogP contribution in [0.3, 0.4) is 0 Å². The van der Waals surface area contributed by atoms with Gasteiger partial charge in [0.25, 0.3) is 0 Å². The van der Waals surface area contributed by atoms with Crippen molar-refractivity contribution >= 4 is 0 Å². The summed E-state index contributed by atoms with van der Waals surface area (Å²) >= 11 is 0. The summed E-state index contributed by atoms with van der Waals surface area (Å²) in [6.07, 6.45) is -2.32. The zero-order valence-electron chi connectivity index (χ0n) is 20.0. The van der Waals surface area contributed by atoms with E-state index in [0.29, 0.717) is 38.2 Å². The molecule has 1 fully saturated rings. The fourth-order valence-electron chi connectivity index (χ4n) is 5.87. The molecule has 1 aliphatic carbocycles. The van der Waals surface area contributed by atoms with E-state index in [-0.39, 0.29) is 11.3 Å². The number of aromatic nitrogens is 2. The number of halogens is 3. The first-order valence-corrected chi connectivity index (χ1v) is 12.0. The van der Waals surface area contributed by atoms with Crippen molar-refractivity contribution in [3.8, 4) is 0 Å². The highest BCUT2D eigenvalue weighted by molar-refractivity contribution is 5.53. The Labute approximate surface area is 197 Å². The Balaban J connectivity index is 1.74. The molecule has 2 aliphatic heterocycles. The molecule has 1 saturated heterocycles. The molecule has 8 heteroatoms. The summed E-state index contributed by atoms with van der Waals surface area (Å²) in [5, 5.41) is 11.3. The van der Waals surface area contributed by atoms with Gasteiger partial charge in [-0.2, -0.15) is 13.2 Å². The van der Waals surface area contributed by atoms with Crippen LogP contribution < -0.4 is 0 Å². The molecule has 0 saturated carbocycles. The fourth-order valence-corrected chi connectivity index (χ4v) is 5.87. The highest BCUT2D eigenvalue weighted by Crippen LogP contribution is 2.57. The van der Waals surface area contributed by atoms with E-state index < -0.39 is 29.5 Å². The molecule has 184 valence electrons. The Bertz CT molecular complexity index is 1090. The standard InChI is InChI=1S/C26H31F3N2O3/c1-14(2)22-20-21(19-17(31-22)11-24(3,4)12-18(19)32)25(7-9-33-10-8-25)34-23(20)16-6-5-15(13-30-16)26(27,28)29/h5-6,13-14,18,23,32H,7-12H2,1-4H3/t18-,23+/m0/s1. The first-order chi connectivity index (χ1) is 15.9. The van der Waals surface area contributed by atoms with Crippen LogP contribution in [-0.2, 0) is 27.7 Å². The monoisotopic (exact) mass is 476 g/mol. The van der Waals surface area contributed by atoms with E-state index in [4.69, 9.17) is 14.5 Å². The second kappa shape index (κ2) is 8.00. The molecule has 1 spiro atoms. The van der Waals surface area contributed by atoms with Crippen molar-refractivity contribution in [3.05, 3.63) is 57.7 Å². The molecule has 34 heavy (non-hydrogen) atoms. The second-order valence-corrected chi connectivity index (χ2v) is 10.9. The average molecular weight is 477 g/mol. The number of pyridine rings is 2. The second-order valence-electron chi connectivity index (χ2n) is 10.9. The van der Waals surface area contributed by atoms with Crippen LogP contribution in [0, 0.1) is 5.41 Å². The SMILES string of the molecule is CC(C)c1nc2c(c3c1[C@@H](c1ccc(C(F)(F)F)cn1)OC31CCOCC1)[C@@H](O)CC(C)(C)C2. The summed E-state index contributed by atoms with van der Waals surface area (Å²) in [4.78, 5) is 9.25. The van der Waals surface area contributed by atoms with E-state index in [9.17, 15) is 18.3 Å². The third-order valence-electron chi connectivity index (χ3n) is 7.40. The van der Waals surface area contributed by atoms with Crippen molar-refractivity contribution in [2.45, 2.75) is 83.3 Å². The van der Waals surface area contributed by atoms with E-state index in [1.165, 1.54) is 6.07 Å². The Morgan fingerprint density at radius 2 is 1.82 bits per heavy atom. The topological polar surface area (TPSA) is 64.5 Å². The maximum absolute atomic E-state index is 13.2. The number of hydrogen-bond donors (Lipinski definition) is 1. The summed E-state index contributed by atoms with van der Waals surface area (Å²) in [5.41, 5.74) is 3.32. The van der Waals surface area contributed by atoms with Gasteiger partial charge in [0.1, 0.15) is 6.10 Å². The minimum absolute atomic E-state index is 0.0665. The number of nitrogens with zero attached hydrogens (tertiary/aromatic N) is 2. The quantitative estimate of drug-likeness (QED) is 0.598. The molecule has 1 N–H and O–H groups in total. The molecule has 0 amide bonds. The molecule has 0 radical (unpaired) electrons. The number of ether oxygens (including phenoxy) is 2. The van der Waals surface area contributed by atoms with Crippen LogP contribution in [0.15, 0.2) is 18.3 Å². The molecule has 0 bridgehead atoms. The number of rotatable bonds is 2. The lowest BCUT2D eigenvalue weighted by Gasteiger charge is -2.40. The van der Waals surface area contributed by atoms with Gasteiger partial charge in [-0.05, 0) is 41.9 Å². The summed E-state index contributed by atoms with van der Waals surface area (Å²) < 4.78 is 51.9. The molecule has 5 nitrogen and oxygen atoms in total. The van der Waals surface area contributed by atoms with E-state index in [2.05, 4.69) is 32.7 Å². The maximum Gasteiger partial charge on any atom is 0.417 e. The molecule has 2 aromatic heterocycles. The normalized spacial score (nSPS) is 25.4. The van der Waals surface area contributed by atoms with Gasteiger partial charge in [-0.3, -0.25) is 9.97 Å². The zero-order valence-corrected chi connectivity index (χ0v) is 20.0. The van der Waals surface area contributed by atoms with Gasteiger partial charge in [-0.25, -0.2) is 0 Å². The first-order valence-electron chi connectivity index (χ1n) is 12.0. The van der Waals surface area contributed by atoms with Crippen molar-refractivity contribution in [3.63, 3.8) is 0 Å². The summed E-state index contributed by atoms with van der Waals surface area (Å²) in [7, 11) is 0. The van der Waals surface area contributed by atoms with Crippen LogP contribution in [0.25, 0.3) is 0 Å². The largest absolute Gasteiger partial charge is 0.417 e. The lowest BCUT2D eigenvalue weighted by molar-refractivity contribution is -0.138. The molecule has 3 aliphatic rings. The highest BCUT2D eigenvalue weighted by atomic mass is 19.4. The summed E-state index contributed by atoms with van der Waals surface area (Å²) in [6.45, 7) is 9.43. The molecule has 0 unspecified atom stereocenters. The number of aliphatic hydroxyl groups excluding tert-OH is 1. The van der Waals surface area contributed by atoms with Crippen molar-refractivity contribution in [1.29, 1.82) is 0 Å². The Kier molecular flexibility index (Phi) is 5.58. The number of aliphatic hydroxyl groups is 1. The van der Waals surface area contributed by atoms with Crippen molar-refractivity contribution < 1.29 is 27.8 Å². The molecule has 2 aromatic rings. The van der Waals surface area contributed by atoms with Crippen molar-refractivity contribution in [2.24, 2.45) is 5.41 Å². The van der Waals surface area contributed by atoms with Gasteiger partial charge in [-0.1, -0.05) is 27.7 Å². The minimum Gasteiger partial charge on any atom is -0.388 e. The van der Waals surface area contributed by atoms with Crippen molar-refractivity contribution in [2.75, 3.05) is 13.2 Å². The first kappa shape index (κ1) is 23.7. The van der Waals surface area contributed by atoms with Crippen LogP contribution in [0.4, 0.5) is 13.2 Å². The summed E-state index contributed by atoms with van der Waals surface area (Å²) in [6, 6.07) is 2.46. The van der Waals surface area contributed by atoms with Gasteiger partial charge < -0.3 is 14.6 Å². The van der Waals surface area contributed by atoms with Gasteiger partial charge in [-0.15, -0.1) is 0 Å². The zero-order chi connectivity index (χ0) is 24.5. The van der Waals surface area contributed by atoms with Gasteiger partial charge >= 0.3 is 6.18 Å². The molecule has 0 aromatic carbocycles. The molecule has 2 atom stereocenters. The highest BCUT2D eigenvalue weighted by Gasteiger charge is 2.52. The predicted octanol–water partition coefficient (Wildman–Crippen LogP) is 5.75. The fraction of sp³-hybridized carbons (Fsp3) is 0.615. The number of alkyl halides is 3. The third-order valence-corrected chi connectivity index (χ3v) is 7.40. The average Bonchev–Trinajstić information content (AvgIpc) is 3.06. The van der Waals surface area contributed by atoms with Crippen LogP contribution in [0.1, 0.15) is 104 Å². The molecular weight excluding hydrogens is 445 g/mol. The maximum atomic E-state index is 13.2. The Morgan fingerprint density at radius 1 is 1.12 bits per heavy atom. The van der Waals surface area contributed by atoms with Crippen LogP contribution in [0.2, 0.25) is 0 Å². The molecule has 4 heterocycles. The van der Waals surface area contributed by atoms with E-state index in [1.807, 2.05) is 0 Å². The Hall–Kier alpha value is -2.03. The third kappa shape index (κ3) is 3.84. The van der Waals surface area contributed by atoms with Gasteiger partial charge in [0.05, 0.1) is 23.0 Å². The van der Waals surface area contributed by atoms with E-state index >= 15 is 0 Å². The lowest BCUT2D eigenvalue weighted by Crippen LogP contribution is -2.37. The number of fused-ring (bicyclic) bond motifs is 4. The van der Waals surface area contributed by atoms with Crippen LogP contribution in [0.5, 0.6) is 0 Å². The van der Waals surface area contributed by atoms with Crippen LogP contribution >= 0.6 is 0 Å². The molecule has 5 rings (SSSR count). The lowest BCUT2D eigenvalue weighted by atomic mass is 9.70. The van der Waals surface area contributed by atoms with Gasteiger partial charge in [0, 0.05) is 54.8 Å². The predicted molar refractivity (Wildman–Crippen MR) is 119 cm³/mol. The van der Waals surface area contributed by atoms with Gasteiger partial charge in [0.2, 0.25) is 0 Å². The van der Waals surface area contributed by atoms with Gasteiger partial charge in [0.15, 0.2) is 0 Å². The van der Waals surface area contributed by atoms with Crippen LogP contribution in [-0.4, -0.2) is 28.3 Å². The van der Waals surface area contributed by atoms with E-state index in [0.717, 1.165) is 46.8 Å². The smallest absolute Gasteiger partial charge is 0.388 e. The number of hydrogen-bond acceptors (Lipinski definition) is 5. The molecular formula is C26H31F3N2O3. The Morgan fingerprint density at radius 3 is 2.41 bits per heavy atom.